The van der Waals surface area contributed by atoms with E-state index in [0.717, 1.165) is 12.5 Å². The molecular weight excluding hydrogens is 712 g/mol. The molecule has 0 saturated carbocycles. The lowest BCUT2D eigenvalue weighted by Crippen LogP contribution is -2.63. The number of esters is 4. The smallest absolute Gasteiger partial charge is 0.341 e. The van der Waals surface area contributed by atoms with Crippen LogP contribution in [-0.4, -0.2) is 88.8 Å². The van der Waals surface area contributed by atoms with Gasteiger partial charge in [-0.05, 0) is 48.0 Å². The number of ether oxygens (including phenoxy) is 7. The Morgan fingerprint density at radius 3 is 1.89 bits per heavy atom. The van der Waals surface area contributed by atoms with Gasteiger partial charge in [0, 0.05) is 0 Å². The van der Waals surface area contributed by atoms with Gasteiger partial charge in [-0.3, -0.25) is 4.18 Å². The van der Waals surface area contributed by atoms with E-state index in [1.54, 1.807) is 60.7 Å². The molecule has 3 aliphatic heterocycles. The van der Waals surface area contributed by atoms with Crippen molar-refractivity contribution in [3.05, 3.63) is 144 Å². The molecule has 15 heteroatoms. The summed E-state index contributed by atoms with van der Waals surface area (Å²) in [6.07, 6.45) is -4.69. The Bertz CT molecular complexity index is 2000. The first-order chi connectivity index (χ1) is 25.5. The van der Waals surface area contributed by atoms with Crippen molar-refractivity contribution in [2.24, 2.45) is 5.92 Å². The van der Waals surface area contributed by atoms with Crippen LogP contribution in [0.15, 0.2) is 127 Å². The van der Waals surface area contributed by atoms with Crippen LogP contribution < -0.4 is 0 Å². The Labute approximate surface area is 304 Å². The van der Waals surface area contributed by atoms with Gasteiger partial charge in [0.15, 0.2) is 12.2 Å². The van der Waals surface area contributed by atoms with Crippen molar-refractivity contribution in [3.63, 3.8) is 0 Å². The van der Waals surface area contributed by atoms with Crippen molar-refractivity contribution in [2.45, 2.75) is 37.0 Å². The van der Waals surface area contributed by atoms with Gasteiger partial charge >= 0.3 is 23.9 Å². The summed E-state index contributed by atoms with van der Waals surface area (Å²) >= 11 is 0. The van der Waals surface area contributed by atoms with Crippen LogP contribution >= 0.6 is 0 Å². The van der Waals surface area contributed by atoms with Crippen LogP contribution in [0.25, 0.3) is 0 Å². The third kappa shape index (κ3) is 8.89. The predicted molar refractivity (Wildman–Crippen MR) is 183 cm³/mol. The molecule has 1 saturated heterocycles. The van der Waals surface area contributed by atoms with Crippen molar-refractivity contribution in [3.8, 4) is 0 Å². The van der Waals surface area contributed by atoms with Crippen LogP contribution in [0.1, 0.15) is 31.1 Å². The van der Waals surface area contributed by atoms with Gasteiger partial charge in [-0.1, -0.05) is 60.7 Å². The average molecular weight is 747 g/mol. The highest BCUT2D eigenvalue weighted by molar-refractivity contribution is 7.86. The van der Waals surface area contributed by atoms with E-state index in [-0.39, 0.29) is 28.9 Å². The molecule has 14 nitrogen and oxygen atoms in total. The van der Waals surface area contributed by atoms with Crippen molar-refractivity contribution in [2.75, 3.05) is 19.5 Å². The molecule has 3 heterocycles. The zero-order chi connectivity index (χ0) is 37.5. The maximum absolute atomic E-state index is 13.6. The highest BCUT2D eigenvalue weighted by Gasteiger charge is 2.55. The number of benzene rings is 3. The molecule has 1 fully saturated rings. The third-order valence-electron chi connectivity index (χ3n) is 8.31. The molecule has 3 aromatic rings. The van der Waals surface area contributed by atoms with E-state index in [2.05, 4.69) is 6.58 Å². The van der Waals surface area contributed by atoms with Gasteiger partial charge in [0.2, 0.25) is 12.6 Å². The molecule has 3 aliphatic rings. The second kappa shape index (κ2) is 16.4. The fraction of sp³-hybridized carbons (Fsp3) is 0.263. The molecule has 0 bridgehead atoms. The molecule has 0 amide bonds. The summed E-state index contributed by atoms with van der Waals surface area (Å²) < 4.78 is 71.8. The first kappa shape index (κ1) is 37.2. The van der Waals surface area contributed by atoms with Crippen LogP contribution in [0.3, 0.4) is 0 Å². The molecule has 0 unspecified atom stereocenters. The van der Waals surface area contributed by atoms with E-state index in [1.165, 1.54) is 42.5 Å². The lowest BCUT2D eigenvalue weighted by molar-refractivity contribution is -0.331. The molecule has 0 N–H and O–H groups in total. The molecular formula is C38H34O14S. The van der Waals surface area contributed by atoms with Gasteiger partial charge in [0.1, 0.15) is 31.7 Å². The van der Waals surface area contributed by atoms with E-state index in [4.69, 9.17) is 37.3 Å². The van der Waals surface area contributed by atoms with E-state index in [9.17, 15) is 27.6 Å². The molecule has 0 aromatic heterocycles. The summed E-state index contributed by atoms with van der Waals surface area (Å²) in [7, 11) is -4.35. The number of rotatable bonds is 12. The van der Waals surface area contributed by atoms with Crippen LogP contribution in [0.5, 0.6) is 0 Å². The summed E-state index contributed by atoms with van der Waals surface area (Å²) in [6.45, 7) is 3.21. The van der Waals surface area contributed by atoms with E-state index >= 15 is 0 Å². The lowest BCUT2D eigenvalue weighted by Gasteiger charge is -2.45. The van der Waals surface area contributed by atoms with Gasteiger partial charge in [-0.2, -0.15) is 8.42 Å². The lowest BCUT2D eigenvalue weighted by atomic mass is 9.89. The normalized spacial score (nSPS) is 25.2. The topological polar surface area (TPSA) is 176 Å². The van der Waals surface area contributed by atoms with Crippen LogP contribution in [0.4, 0.5) is 0 Å². The minimum atomic E-state index is -4.35. The van der Waals surface area contributed by atoms with E-state index in [1.807, 2.05) is 0 Å². The maximum atomic E-state index is 13.6. The summed E-state index contributed by atoms with van der Waals surface area (Å²) in [5.41, 5.74) is 0.977. The van der Waals surface area contributed by atoms with Gasteiger partial charge in [0.25, 0.3) is 10.1 Å². The summed E-state index contributed by atoms with van der Waals surface area (Å²) in [5, 5.41) is 0. The van der Waals surface area contributed by atoms with Crippen molar-refractivity contribution in [1.29, 1.82) is 0 Å². The number of cyclic esters (lactones) is 1. The quantitative estimate of drug-likeness (QED) is 0.113. The maximum Gasteiger partial charge on any atom is 0.341 e. The summed E-state index contributed by atoms with van der Waals surface area (Å²) in [5.74, 6) is -4.04. The fourth-order valence-electron chi connectivity index (χ4n) is 5.84. The van der Waals surface area contributed by atoms with Crippen LogP contribution in [0.2, 0.25) is 0 Å². The second-order valence-electron chi connectivity index (χ2n) is 11.9. The molecule has 276 valence electrons. The minimum Gasteiger partial charge on any atom is -0.471 e. The van der Waals surface area contributed by atoms with E-state index in [0.29, 0.717) is 5.57 Å². The summed E-state index contributed by atoms with van der Waals surface area (Å²) in [6, 6.07) is 23.6. The third-order valence-corrected chi connectivity index (χ3v) is 8.89. The summed E-state index contributed by atoms with van der Waals surface area (Å²) in [4.78, 5) is 52.7. The predicted octanol–water partition coefficient (Wildman–Crippen LogP) is 3.91. The SMILES string of the molecule is C=C[C@@H]1C2=CCOC(=O)C2=CO[C@H]1O[C@@H]1O[C@H](COC(=O)c2ccccc2)[C@@H](OS(C)(=O)=O)[C@H](OC(=O)c2ccccc2)[C@H]1OC(=O)c1ccccc1. The van der Waals surface area contributed by atoms with Crippen molar-refractivity contribution in [1.82, 2.24) is 0 Å². The molecule has 0 spiro atoms. The van der Waals surface area contributed by atoms with Gasteiger partial charge in [-0.25, -0.2) is 19.2 Å². The van der Waals surface area contributed by atoms with E-state index < -0.39 is 83.5 Å². The zero-order valence-electron chi connectivity index (χ0n) is 28.2. The standard InChI is InChI=1S/C38H34O14S/c1-3-26-27-19-20-45-36(42)28(27)21-47-37(26)51-38-32(50-35(41)25-17-11-6-12-18-25)31(49-34(40)24-15-9-5-10-16-24)30(52-53(2,43)44)29(48-38)22-46-33(39)23-13-7-4-8-14-23/h3-19,21,26,29-32,37-38H,1,20,22H2,2H3/t26-,29-,30-,31+,32-,37+,38+/m1/s1. The van der Waals surface area contributed by atoms with Crippen LogP contribution in [-0.2, 0) is 52.3 Å². The van der Waals surface area contributed by atoms with Crippen molar-refractivity contribution >= 4 is 34.0 Å². The highest BCUT2D eigenvalue weighted by atomic mass is 32.2. The average Bonchev–Trinajstić information content (AvgIpc) is 3.16. The molecule has 3 aromatic carbocycles. The second-order valence-corrected chi connectivity index (χ2v) is 13.5. The number of hydrogen-bond acceptors (Lipinski definition) is 14. The zero-order valence-corrected chi connectivity index (χ0v) is 29.0. The minimum absolute atomic E-state index is 0.0172. The molecule has 7 atom stereocenters. The number of carbonyl (C=O) groups excluding carboxylic acids is 4. The monoisotopic (exact) mass is 746 g/mol. The Morgan fingerprint density at radius 2 is 1.34 bits per heavy atom. The number of fused-ring (bicyclic) bond motifs is 1. The van der Waals surface area contributed by atoms with Crippen LogP contribution in [0, 0.1) is 5.92 Å². The largest absolute Gasteiger partial charge is 0.471 e. The van der Waals surface area contributed by atoms with Gasteiger partial charge < -0.3 is 33.2 Å². The Hall–Kier alpha value is -5.61. The molecule has 53 heavy (non-hydrogen) atoms. The number of hydrogen-bond donors (Lipinski definition) is 0. The Morgan fingerprint density at radius 1 is 0.792 bits per heavy atom. The van der Waals surface area contributed by atoms with Gasteiger partial charge in [0.05, 0.1) is 34.4 Å². The molecule has 0 aliphatic carbocycles. The highest BCUT2D eigenvalue weighted by Crippen LogP contribution is 2.38. The molecule has 0 radical (unpaired) electrons. The first-order valence-corrected chi connectivity index (χ1v) is 18.1. The molecule has 6 rings (SSSR count). The van der Waals surface area contributed by atoms with Gasteiger partial charge in [-0.15, -0.1) is 6.58 Å². The Balaban J connectivity index is 1.41. The fourth-order valence-corrected chi connectivity index (χ4v) is 6.48. The van der Waals surface area contributed by atoms with Crippen molar-refractivity contribution < 1.29 is 64.9 Å². The number of carbonyl (C=O) groups is 4. The first-order valence-electron chi connectivity index (χ1n) is 16.3. The Kier molecular flexibility index (Phi) is 11.5.